The zero-order chi connectivity index (χ0) is 51.8. The van der Waals surface area contributed by atoms with Crippen molar-refractivity contribution in [1.82, 2.24) is 55.4 Å². The number of carbonyl (C=O) groups excluding carboxylic acids is 4. The molecule has 7 heterocycles. The number of fused-ring (bicyclic) bond motifs is 1. The molecule has 4 amide bonds. The standard InChI is InChI=1S/C56H62N14O5/c1-35(61-54(72)40-15-13-37(14-16-40)38-17-19-42(57)20-18-38)46-33-51(63-36(2)62-46)69-48-11-4-3-8-41(48)32-49(69)56(74)59-27-31-75-30-24-53(71)68-28-22-39(23-29-68)47-34-52(70(67-47)50-12-5-6-25-58-50)65-55(73)45-10-7-9-43(64-45)44-21-26-60-66-44/h5-7,9-10,12-21,25-26,33-35,39,41,48-49H,3-4,8,11,22-24,27-32,57H2,1-2H3,(H,59,74)(H,60,66)(H,61,72)(H,65,73)/t35?,41-,48-,49?/m0/s1. The maximum atomic E-state index is 14.0. The lowest BCUT2D eigenvalue weighted by Gasteiger charge is -2.35. The number of benzene rings is 2. The average molecular weight is 1010 g/mol. The molecule has 1 saturated carbocycles. The van der Waals surface area contributed by atoms with Crippen LogP contribution in [0.25, 0.3) is 28.3 Å². The van der Waals surface area contributed by atoms with Gasteiger partial charge in [-0.1, -0.05) is 49.2 Å². The van der Waals surface area contributed by atoms with E-state index in [1.807, 2.05) is 97.6 Å². The van der Waals surface area contributed by atoms with Crippen molar-refractivity contribution in [2.75, 3.05) is 48.8 Å². The lowest BCUT2D eigenvalue weighted by Crippen LogP contribution is -2.48. The number of piperidine rings is 1. The van der Waals surface area contributed by atoms with Crippen LogP contribution in [0.15, 0.2) is 116 Å². The number of aromatic nitrogens is 8. The van der Waals surface area contributed by atoms with E-state index in [1.54, 1.807) is 41.3 Å². The number of nitrogens with zero attached hydrogens (tertiary/aromatic N) is 9. The Morgan fingerprint density at radius 3 is 2.36 bits per heavy atom. The molecule has 3 fully saturated rings. The summed E-state index contributed by atoms with van der Waals surface area (Å²) in [7, 11) is 0. The predicted octanol–water partition coefficient (Wildman–Crippen LogP) is 7.21. The number of anilines is 3. The van der Waals surface area contributed by atoms with Crippen molar-refractivity contribution in [3.8, 4) is 28.3 Å². The number of nitrogens with two attached hydrogens (primary N) is 1. The molecule has 2 saturated heterocycles. The number of carbonyl (C=O) groups is 4. The largest absolute Gasteiger partial charge is 0.399 e. The van der Waals surface area contributed by atoms with Crippen molar-refractivity contribution in [3.63, 3.8) is 0 Å². The van der Waals surface area contributed by atoms with Crippen molar-refractivity contribution in [3.05, 3.63) is 144 Å². The van der Waals surface area contributed by atoms with Crippen LogP contribution in [0.5, 0.6) is 0 Å². The van der Waals surface area contributed by atoms with Crippen LogP contribution < -0.4 is 26.6 Å². The lowest BCUT2D eigenvalue weighted by molar-refractivity contribution is -0.133. The van der Waals surface area contributed by atoms with Gasteiger partial charge in [0.25, 0.3) is 11.8 Å². The average Bonchev–Trinajstić information content (AvgIpc) is 4.23. The molecule has 10 rings (SSSR count). The fourth-order valence-electron chi connectivity index (χ4n) is 10.6. The number of hydrogen-bond donors (Lipinski definition) is 5. The molecule has 4 atom stereocenters. The number of aromatic amines is 1. The molecule has 19 heteroatoms. The fourth-order valence-corrected chi connectivity index (χ4v) is 10.6. The van der Waals surface area contributed by atoms with Crippen LogP contribution in [0.2, 0.25) is 0 Å². The predicted molar refractivity (Wildman–Crippen MR) is 284 cm³/mol. The fraction of sp³-hybridized carbons (Fsp3) is 0.357. The number of rotatable bonds is 17. The minimum absolute atomic E-state index is 0.0102. The van der Waals surface area contributed by atoms with E-state index in [9.17, 15) is 19.2 Å². The van der Waals surface area contributed by atoms with Crippen LogP contribution in [0, 0.1) is 12.8 Å². The second-order valence-corrected chi connectivity index (χ2v) is 19.6. The molecular weight excluding hydrogens is 949 g/mol. The Morgan fingerprint density at radius 1 is 0.813 bits per heavy atom. The van der Waals surface area contributed by atoms with E-state index in [4.69, 9.17) is 25.5 Å². The maximum Gasteiger partial charge on any atom is 0.275 e. The van der Waals surface area contributed by atoms with Gasteiger partial charge in [0.1, 0.15) is 29.2 Å². The number of nitrogens with one attached hydrogen (secondary N) is 4. The van der Waals surface area contributed by atoms with Gasteiger partial charge in [0.15, 0.2) is 5.82 Å². The van der Waals surface area contributed by atoms with Gasteiger partial charge in [-0.05, 0) is 118 Å². The van der Waals surface area contributed by atoms with Gasteiger partial charge >= 0.3 is 0 Å². The van der Waals surface area contributed by atoms with Crippen LogP contribution in [0.4, 0.5) is 17.3 Å². The van der Waals surface area contributed by atoms with Gasteiger partial charge in [-0.25, -0.2) is 19.9 Å². The number of aryl methyl sites for hydroxylation is 1. The normalized spacial score (nSPS) is 18.0. The molecular formula is C56H62N14O5. The Bertz CT molecular complexity index is 3100. The Hall–Kier alpha value is -8.32. The van der Waals surface area contributed by atoms with E-state index in [2.05, 4.69) is 41.0 Å². The summed E-state index contributed by atoms with van der Waals surface area (Å²) in [5, 5.41) is 21.0. The molecule has 19 nitrogen and oxygen atoms in total. The third-order valence-corrected chi connectivity index (χ3v) is 14.5. The summed E-state index contributed by atoms with van der Waals surface area (Å²) in [5.41, 5.74) is 12.1. The molecule has 0 bridgehead atoms. The van der Waals surface area contributed by atoms with Crippen LogP contribution in [-0.4, -0.2) is 113 Å². The molecule has 5 aromatic heterocycles. The molecule has 2 aliphatic heterocycles. The Kier molecular flexibility index (Phi) is 15.3. The first kappa shape index (κ1) is 50.2. The number of H-pyrrole nitrogens is 1. The van der Waals surface area contributed by atoms with Crippen LogP contribution in [-0.2, 0) is 14.3 Å². The van der Waals surface area contributed by atoms with Gasteiger partial charge in [0.05, 0.1) is 48.5 Å². The van der Waals surface area contributed by atoms with Crippen LogP contribution in [0.1, 0.15) is 108 Å². The van der Waals surface area contributed by atoms with E-state index in [0.29, 0.717) is 90.0 Å². The van der Waals surface area contributed by atoms with Crippen molar-refractivity contribution < 1.29 is 23.9 Å². The highest BCUT2D eigenvalue weighted by Crippen LogP contribution is 2.42. The molecule has 2 unspecified atom stereocenters. The highest BCUT2D eigenvalue weighted by Gasteiger charge is 2.46. The monoisotopic (exact) mass is 1010 g/mol. The molecule has 0 spiro atoms. The molecule has 6 N–H and O–H groups in total. The zero-order valence-corrected chi connectivity index (χ0v) is 42.2. The minimum Gasteiger partial charge on any atom is -0.399 e. The quantitative estimate of drug-likeness (QED) is 0.0448. The minimum atomic E-state index is -0.421. The molecule has 2 aromatic carbocycles. The van der Waals surface area contributed by atoms with Crippen LogP contribution in [0.3, 0.4) is 0 Å². The Balaban J connectivity index is 0.696. The van der Waals surface area contributed by atoms with Gasteiger partial charge in [-0.3, -0.25) is 24.3 Å². The lowest BCUT2D eigenvalue weighted by atomic mass is 9.84. The van der Waals surface area contributed by atoms with Crippen molar-refractivity contribution in [1.29, 1.82) is 0 Å². The van der Waals surface area contributed by atoms with Gasteiger partial charge in [-0.15, -0.1) is 0 Å². The number of ether oxygens (including phenoxy) is 1. The first-order valence-corrected chi connectivity index (χ1v) is 25.9. The number of pyridine rings is 2. The Morgan fingerprint density at radius 2 is 1.60 bits per heavy atom. The van der Waals surface area contributed by atoms with E-state index in [1.165, 1.54) is 0 Å². The molecule has 3 aliphatic rings. The van der Waals surface area contributed by atoms with Crippen molar-refractivity contribution in [2.45, 2.75) is 89.3 Å². The summed E-state index contributed by atoms with van der Waals surface area (Å²) in [6, 6.07) is 30.7. The number of hydrogen-bond acceptors (Lipinski definition) is 13. The van der Waals surface area contributed by atoms with Crippen LogP contribution >= 0.6 is 0 Å². The first-order chi connectivity index (χ1) is 36.5. The highest BCUT2D eigenvalue weighted by atomic mass is 16.5. The summed E-state index contributed by atoms with van der Waals surface area (Å²) >= 11 is 0. The number of likely N-dealkylation sites (tertiary alicyclic amines) is 1. The second kappa shape index (κ2) is 22.8. The van der Waals surface area contributed by atoms with E-state index in [-0.39, 0.29) is 55.0 Å². The zero-order valence-electron chi connectivity index (χ0n) is 42.2. The smallest absolute Gasteiger partial charge is 0.275 e. The third kappa shape index (κ3) is 11.7. The number of nitrogen functional groups attached to an aromatic ring is 1. The van der Waals surface area contributed by atoms with Gasteiger partial charge in [0, 0.05) is 67.4 Å². The molecule has 0 radical (unpaired) electrons. The van der Waals surface area contributed by atoms with Gasteiger partial charge in [0.2, 0.25) is 11.8 Å². The van der Waals surface area contributed by atoms with E-state index in [0.717, 1.165) is 48.9 Å². The Labute approximate surface area is 435 Å². The molecule has 7 aromatic rings. The number of amides is 4. The first-order valence-electron chi connectivity index (χ1n) is 25.9. The SMILES string of the molecule is Cc1nc(C(C)NC(=O)c2ccc(-c3ccc(N)cc3)cc2)cc(N2C(C(=O)NCCOCCC(=O)N3CCC(c4cc(NC(=O)c5cccc(-c6ccn[nH]6)n5)n(-c5ccccn5)n4)CC3)C[C@@H]3CCCC[C@@H]32)n1. The van der Waals surface area contributed by atoms with Gasteiger partial charge < -0.3 is 36.2 Å². The summed E-state index contributed by atoms with van der Waals surface area (Å²) in [6.45, 7) is 5.67. The maximum absolute atomic E-state index is 14.0. The van der Waals surface area contributed by atoms with Crippen molar-refractivity contribution >= 4 is 41.0 Å². The molecule has 75 heavy (non-hydrogen) atoms. The van der Waals surface area contributed by atoms with E-state index >= 15 is 0 Å². The molecule has 1 aliphatic carbocycles. The summed E-state index contributed by atoms with van der Waals surface area (Å²) in [6.07, 6.45) is 9.90. The third-order valence-electron chi connectivity index (χ3n) is 14.5. The van der Waals surface area contributed by atoms with Crippen molar-refractivity contribution in [2.24, 2.45) is 5.92 Å². The van der Waals surface area contributed by atoms with E-state index < -0.39 is 18.0 Å². The second-order valence-electron chi connectivity index (χ2n) is 19.6. The summed E-state index contributed by atoms with van der Waals surface area (Å²) in [5.74, 6) is 2.02. The summed E-state index contributed by atoms with van der Waals surface area (Å²) in [4.78, 5) is 77.1. The van der Waals surface area contributed by atoms with Gasteiger partial charge in [-0.2, -0.15) is 14.9 Å². The topological polar surface area (TPSA) is 244 Å². The summed E-state index contributed by atoms with van der Waals surface area (Å²) < 4.78 is 7.54. The highest BCUT2D eigenvalue weighted by molar-refractivity contribution is 6.03. The molecule has 386 valence electrons.